The Bertz CT molecular complexity index is 323. The first kappa shape index (κ1) is 11.9. The molecule has 1 N–H and O–H groups in total. The van der Waals surface area contributed by atoms with Crippen LogP contribution in [0, 0.1) is 0 Å². The Morgan fingerprint density at radius 2 is 1.56 bits per heavy atom. The number of hydrogen-bond donors (Lipinski definition) is 1. The van der Waals surface area contributed by atoms with E-state index in [1.807, 2.05) is 24.3 Å². The lowest BCUT2D eigenvalue weighted by atomic mass is 9.87. The van der Waals surface area contributed by atoms with E-state index >= 15 is 0 Å². The van der Waals surface area contributed by atoms with Crippen molar-refractivity contribution in [3.63, 3.8) is 0 Å². The normalized spacial score (nSPS) is 20.4. The minimum absolute atomic E-state index is 0.482. The molecule has 1 aliphatic rings. The summed E-state index contributed by atoms with van der Waals surface area (Å²) in [5, 5.41) is 11.3. The van der Waals surface area contributed by atoms with Crippen molar-refractivity contribution in [3.8, 4) is 0 Å². The van der Waals surface area contributed by atoms with Crippen molar-refractivity contribution in [2.45, 2.75) is 50.5 Å². The van der Waals surface area contributed by atoms with Gasteiger partial charge in [0.05, 0.1) is 5.60 Å². The lowest BCUT2D eigenvalue weighted by Crippen LogP contribution is -2.30. The van der Waals surface area contributed by atoms with Gasteiger partial charge >= 0.3 is 0 Å². The minimum atomic E-state index is -0.482. The van der Waals surface area contributed by atoms with Crippen LogP contribution in [0.15, 0.2) is 24.3 Å². The standard InChI is InChI=1S/C14H19ClO/c15-13-7-5-12(6-8-13)11-14(16)9-3-1-2-4-10-14/h5-8,16H,1-4,9-11H2. The third-order valence-electron chi connectivity index (χ3n) is 3.48. The summed E-state index contributed by atoms with van der Waals surface area (Å²) < 4.78 is 0. The first-order valence-electron chi connectivity index (χ1n) is 6.15. The van der Waals surface area contributed by atoms with E-state index in [1.165, 1.54) is 18.4 Å². The third-order valence-corrected chi connectivity index (χ3v) is 3.73. The van der Waals surface area contributed by atoms with E-state index in [0.29, 0.717) is 0 Å². The largest absolute Gasteiger partial charge is 0.390 e. The predicted octanol–water partition coefficient (Wildman–Crippen LogP) is 3.97. The van der Waals surface area contributed by atoms with Crippen LogP contribution in [0.4, 0.5) is 0 Å². The minimum Gasteiger partial charge on any atom is -0.390 e. The first-order valence-corrected chi connectivity index (χ1v) is 6.53. The molecule has 1 nitrogen and oxygen atoms in total. The highest BCUT2D eigenvalue weighted by Gasteiger charge is 2.27. The average molecular weight is 239 g/mol. The van der Waals surface area contributed by atoms with E-state index in [4.69, 9.17) is 11.6 Å². The van der Waals surface area contributed by atoms with Crippen molar-refractivity contribution in [2.24, 2.45) is 0 Å². The Morgan fingerprint density at radius 3 is 2.12 bits per heavy atom. The second-order valence-corrected chi connectivity index (χ2v) is 5.38. The van der Waals surface area contributed by atoms with Crippen LogP contribution in [0.2, 0.25) is 5.02 Å². The van der Waals surface area contributed by atoms with E-state index in [-0.39, 0.29) is 0 Å². The lowest BCUT2D eigenvalue weighted by Gasteiger charge is -2.26. The molecule has 88 valence electrons. The zero-order chi connectivity index (χ0) is 11.4. The lowest BCUT2D eigenvalue weighted by molar-refractivity contribution is 0.0252. The maximum Gasteiger partial charge on any atom is 0.0688 e. The molecule has 2 rings (SSSR count). The van der Waals surface area contributed by atoms with Crippen LogP contribution in [0.25, 0.3) is 0 Å². The van der Waals surface area contributed by atoms with Crippen LogP contribution in [0.3, 0.4) is 0 Å². The van der Waals surface area contributed by atoms with E-state index in [1.54, 1.807) is 0 Å². The molecule has 1 aliphatic carbocycles. The molecule has 0 heterocycles. The zero-order valence-electron chi connectivity index (χ0n) is 9.58. The van der Waals surface area contributed by atoms with Crippen molar-refractivity contribution in [3.05, 3.63) is 34.9 Å². The fraction of sp³-hybridized carbons (Fsp3) is 0.571. The highest BCUT2D eigenvalue weighted by atomic mass is 35.5. The predicted molar refractivity (Wildman–Crippen MR) is 67.8 cm³/mol. The Morgan fingerprint density at radius 1 is 1.00 bits per heavy atom. The summed E-state index contributed by atoms with van der Waals surface area (Å²) in [6.45, 7) is 0. The van der Waals surface area contributed by atoms with Crippen molar-refractivity contribution < 1.29 is 5.11 Å². The SMILES string of the molecule is OC1(Cc2ccc(Cl)cc2)CCCCCC1. The van der Waals surface area contributed by atoms with Crippen LogP contribution in [0.1, 0.15) is 44.1 Å². The number of hydrogen-bond acceptors (Lipinski definition) is 1. The Balaban J connectivity index is 2.04. The first-order chi connectivity index (χ1) is 7.68. The number of halogens is 1. The fourth-order valence-corrected chi connectivity index (χ4v) is 2.67. The molecular weight excluding hydrogens is 220 g/mol. The van der Waals surface area contributed by atoms with Crippen LogP contribution in [0.5, 0.6) is 0 Å². The Hall–Kier alpha value is -0.530. The summed E-state index contributed by atoms with van der Waals surface area (Å²) in [6, 6.07) is 7.84. The van der Waals surface area contributed by atoms with Crippen molar-refractivity contribution in [1.29, 1.82) is 0 Å². The molecule has 1 saturated carbocycles. The van der Waals surface area contributed by atoms with Gasteiger partial charge in [-0.15, -0.1) is 0 Å². The smallest absolute Gasteiger partial charge is 0.0688 e. The van der Waals surface area contributed by atoms with Gasteiger partial charge in [-0.3, -0.25) is 0 Å². The molecule has 1 fully saturated rings. The molecule has 0 aromatic heterocycles. The molecule has 2 heteroatoms. The molecule has 0 aliphatic heterocycles. The van der Waals surface area contributed by atoms with Crippen LogP contribution >= 0.6 is 11.6 Å². The van der Waals surface area contributed by atoms with Gasteiger partial charge in [-0.1, -0.05) is 49.4 Å². The van der Waals surface area contributed by atoms with E-state index in [2.05, 4.69) is 0 Å². The van der Waals surface area contributed by atoms with Gasteiger partial charge < -0.3 is 5.11 Å². The van der Waals surface area contributed by atoms with Gasteiger partial charge in [0.25, 0.3) is 0 Å². The quantitative estimate of drug-likeness (QED) is 0.773. The van der Waals surface area contributed by atoms with Gasteiger partial charge in [0.1, 0.15) is 0 Å². The van der Waals surface area contributed by atoms with Gasteiger partial charge in [0.2, 0.25) is 0 Å². The highest BCUT2D eigenvalue weighted by Crippen LogP contribution is 2.30. The van der Waals surface area contributed by atoms with E-state index in [9.17, 15) is 5.11 Å². The summed E-state index contributed by atoms with van der Waals surface area (Å²) in [4.78, 5) is 0. The van der Waals surface area contributed by atoms with Gasteiger partial charge in [-0.2, -0.15) is 0 Å². The maximum atomic E-state index is 10.5. The molecule has 0 saturated heterocycles. The Kier molecular flexibility index (Phi) is 3.88. The second kappa shape index (κ2) is 5.20. The van der Waals surface area contributed by atoms with Gasteiger partial charge in [-0.25, -0.2) is 0 Å². The number of aliphatic hydroxyl groups is 1. The number of benzene rings is 1. The van der Waals surface area contributed by atoms with Crippen LogP contribution in [-0.2, 0) is 6.42 Å². The van der Waals surface area contributed by atoms with E-state index in [0.717, 1.165) is 37.1 Å². The zero-order valence-corrected chi connectivity index (χ0v) is 10.3. The maximum absolute atomic E-state index is 10.5. The van der Waals surface area contributed by atoms with Crippen molar-refractivity contribution in [2.75, 3.05) is 0 Å². The summed E-state index contributed by atoms with van der Waals surface area (Å²) in [5.74, 6) is 0. The molecule has 0 amide bonds. The van der Waals surface area contributed by atoms with Crippen LogP contribution in [-0.4, -0.2) is 10.7 Å². The molecule has 0 bridgehead atoms. The topological polar surface area (TPSA) is 20.2 Å². The molecule has 0 atom stereocenters. The summed E-state index contributed by atoms with van der Waals surface area (Å²) in [6.07, 6.45) is 7.50. The van der Waals surface area contributed by atoms with Crippen LogP contribution < -0.4 is 0 Å². The fourth-order valence-electron chi connectivity index (χ4n) is 2.55. The molecule has 16 heavy (non-hydrogen) atoms. The van der Waals surface area contributed by atoms with E-state index < -0.39 is 5.60 Å². The second-order valence-electron chi connectivity index (χ2n) is 4.94. The van der Waals surface area contributed by atoms with Gasteiger partial charge in [-0.05, 0) is 30.5 Å². The Labute approximate surface area is 102 Å². The number of rotatable bonds is 2. The van der Waals surface area contributed by atoms with Crippen molar-refractivity contribution in [1.82, 2.24) is 0 Å². The van der Waals surface area contributed by atoms with Crippen molar-refractivity contribution >= 4 is 11.6 Å². The molecule has 1 aromatic rings. The molecule has 1 aromatic carbocycles. The summed E-state index contributed by atoms with van der Waals surface area (Å²) >= 11 is 5.85. The average Bonchev–Trinajstić information content (AvgIpc) is 2.47. The van der Waals surface area contributed by atoms with Gasteiger partial charge in [0, 0.05) is 11.4 Å². The molecular formula is C14H19ClO. The summed E-state index contributed by atoms with van der Waals surface area (Å²) in [7, 11) is 0. The monoisotopic (exact) mass is 238 g/mol. The molecule has 0 spiro atoms. The summed E-state index contributed by atoms with van der Waals surface area (Å²) in [5.41, 5.74) is 0.707. The highest BCUT2D eigenvalue weighted by molar-refractivity contribution is 6.30. The van der Waals surface area contributed by atoms with Gasteiger partial charge in [0.15, 0.2) is 0 Å². The third kappa shape index (κ3) is 3.23. The molecule has 0 radical (unpaired) electrons. The molecule has 0 unspecified atom stereocenters.